The molecule has 1 aromatic carbocycles. The van der Waals surface area contributed by atoms with Gasteiger partial charge in [0.1, 0.15) is 5.82 Å². The molecule has 0 bridgehead atoms. The Bertz CT molecular complexity index is 493. The Morgan fingerprint density at radius 3 is 2.74 bits per heavy atom. The molecule has 0 unspecified atom stereocenters. The molecular formula is C12H14F3N3S. The van der Waals surface area contributed by atoms with Gasteiger partial charge in [-0.3, -0.25) is 5.32 Å². The van der Waals surface area contributed by atoms with E-state index in [2.05, 4.69) is 10.3 Å². The second-order valence-electron chi connectivity index (χ2n) is 4.00. The minimum atomic E-state index is -1.17. The molecule has 0 amide bonds. The zero-order valence-corrected chi connectivity index (χ0v) is 11.2. The molecule has 0 spiro atoms. The van der Waals surface area contributed by atoms with Crippen LogP contribution in [0.25, 0.3) is 0 Å². The smallest absolute Gasteiger partial charge is 0.161 e. The molecular weight excluding hydrogens is 275 g/mol. The lowest BCUT2D eigenvalue weighted by molar-refractivity contribution is 0.356. The SMILES string of the molecule is CCSC1=NCNCN1Cc1cc(F)c(F)cc1F. The molecule has 0 radical (unpaired) electrons. The van der Waals surface area contributed by atoms with Gasteiger partial charge in [0, 0.05) is 18.2 Å². The molecule has 19 heavy (non-hydrogen) atoms. The number of nitrogens with one attached hydrogen (secondary N) is 1. The van der Waals surface area contributed by atoms with E-state index in [0.717, 1.165) is 17.0 Å². The van der Waals surface area contributed by atoms with Crippen LogP contribution in [0.3, 0.4) is 0 Å². The number of hydrogen-bond donors (Lipinski definition) is 1. The first kappa shape index (κ1) is 14.2. The fraction of sp³-hybridized carbons (Fsp3) is 0.417. The van der Waals surface area contributed by atoms with E-state index >= 15 is 0 Å². The fourth-order valence-electron chi connectivity index (χ4n) is 1.76. The van der Waals surface area contributed by atoms with Crippen molar-refractivity contribution in [2.45, 2.75) is 13.5 Å². The van der Waals surface area contributed by atoms with Crippen molar-refractivity contribution in [2.24, 2.45) is 4.99 Å². The maximum atomic E-state index is 13.6. The number of rotatable bonds is 3. The Labute approximate surface area is 113 Å². The number of nitrogens with zero attached hydrogens (tertiary/aromatic N) is 2. The summed E-state index contributed by atoms with van der Waals surface area (Å²) in [7, 11) is 0. The summed E-state index contributed by atoms with van der Waals surface area (Å²) in [6.07, 6.45) is 0. The Hall–Kier alpha value is -1.21. The monoisotopic (exact) mass is 289 g/mol. The van der Waals surface area contributed by atoms with Gasteiger partial charge in [-0.1, -0.05) is 18.7 Å². The number of hydrogen-bond acceptors (Lipinski definition) is 4. The molecule has 7 heteroatoms. The predicted octanol–water partition coefficient (Wildman–Crippen LogP) is 2.53. The Morgan fingerprint density at radius 2 is 2.00 bits per heavy atom. The Balaban J connectivity index is 2.18. The molecule has 0 fully saturated rings. The van der Waals surface area contributed by atoms with Crippen LogP contribution in [0, 0.1) is 17.5 Å². The summed E-state index contributed by atoms with van der Waals surface area (Å²) in [6.45, 7) is 3.16. The molecule has 0 aromatic heterocycles. The van der Waals surface area contributed by atoms with E-state index in [4.69, 9.17) is 0 Å². The highest BCUT2D eigenvalue weighted by atomic mass is 32.2. The van der Waals surface area contributed by atoms with E-state index in [1.54, 1.807) is 4.90 Å². The van der Waals surface area contributed by atoms with Crippen molar-refractivity contribution in [3.8, 4) is 0 Å². The number of benzene rings is 1. The van der Waals surface area contributed by atoms with Crippen molar-refractivity contribution < 1.29 is 13.2 Å². The molecule has 3 nitrogen and oxygen atoms in total. The molecule has 0 saturated heterocycles. The summed E-state index contributed by atoms with van der Waals surface area (Å²) < 4.78 is 39.6. The van der Waals surface area contributed by atoms with Gasteiger partial charge in [-0.25, -0.2) is 18.2 Å². The van der Waals surface area contributed by atoms with Crippen molar-refractivity contribution in [1.29, 1.82) is 0 Å². The third-order valence-electron chi connectivity index (χ3n) is 2.62. The van der Waals surface area contributed by atoms with E-state index < -0.39 is 17.5 Å². The highest BCUT2D eigenvalue weighted by Crippen LogP contribution is 2.19. The number of thioether (sulfide) groups is 1. The van der Waals surface area contributed by atoms with Gasteiger partial charge in [-0.15, -0.1) is 0 Å². The van der Waals surface area contributed by atoms with Crippen LogP contribution in [-0.4, -0.2) is 29.2 Å². The van der Waals surface area contributed by atoms with Gasteiger partial charge in [-0.05, 0) is 11.8 Å². The zero-order valence-electron chi connectivity index (χ0n) is 10.4. The lowest BCUT2D eigenvalue weighted by Gasteiger charge is -2.29. The van der Waals surface area contributed by atoms with Crippen molar-refractivity contribution in [3.05, 3.63) is 35.1 Å². The highest BCUT2D eigenvalue weighted by molar-refractivity contribution is 8.13. The third kappa shape index (κ3) is 3.42. The average Bonchev–Trinajstić information content (AvgIpc) is 2.38. The number of aliphatic imine (C=N–C) groups is 1. The first-order chi connectivity index (χ1) is 9.11. The minimum Gasteiger partial charge on any atom is -0.334 e. The standard InChI is InChI=1S/C12H14F3N3S/c1-2-19-12-17-6-16-7-18(12)5-8-3-10(14)11(15)4-9(8)13/h3-4,16H,2,5-7H2,1H3. The van der Waals surface area contributed by atoms with Gasteiger partial charge in [0.2, 0.25) is 0 Å². The van der Waals surface area contributed by atoms with Gasteiger partial charge in [0.05, 0.1) is 13.3 Å². The van der Waals surface area contributed by atoms with Crippen LogP contribution in [0.4, 0.5) is 13.2 Å². The quantitative estimate of drug-likeness (QED) is 0.867. The molecule has 0 saturated carbocycles. The predicted molar refractivity (Wildman–Crippen MR) is 70.3 cm³/mol. The molecule has 1 N–H and O–H groups in total. The summed E-state index contributed by atoms with van der Waals surface area (Å²) in [5.74, 6) is -2.11. The van der Waals surface area contributed by atoms with Crippen LogP contribution >= 0.6 is 11.8 Å². The second kappa shape index (κ2) is 6.29. The topological polar surface area (TPSA) is 27.6 Å². The van der Waals surface area contributed by atoms with Crippen LogP contribution in [0.2, 0.25) is 0 Å². The molecule has 2 rings (SSSR count). The van der Waals surface area contributed by atoms with E-state index in [0.29, 0.717) is 19.4 Å². The van der Waals surface area contributed by atoms with Gasteiger partial charge in [-0.2, -0.15) is 0 Å². The van der Waals surface area contributed by atoms with E-state index in [-0.39, 0.29) is 12.1 Å². The summed E-state index contributed by atoms with van der Waals surface area (Å²) in [6, 6.07) is 1.47. The summed E-state index contributed by atoms with van der Waals surface area (Å²) in [5.41, 5.74) is 0.118. The molecule has 1 aromatic rings. The van der Waals surface area contributed by atoms with Crippen molar-refractivity contribution in [1.82, 2.24) is 10.2 Å². The first-order valence-corrected chi connectivity index (χ1v) is 6.86. The van der Waals surface area contributed by atoms with E-state index in [1.807, 2.05) is 6.92 Å². The first-order valence-electron chi connectivity index (χ1n) is 5.88. The Morgan fingerprint density at radius 1 is 1.26 bits per heavy atom. The minimum absolute atomic E-state index is 0.118. The number of halogens is 3. The highest BCUT2D eigenvalue weighted by Gasteiger charge is 2.18. The molecule has 0 atom stereocenters. The largest absolute Gasteiger partial charge is 0.334 e. The van der Waals surface area contributed by atoms with E-state index in [9.17, 15) is 13.2 Å². The van der Waals surface area contributed by atoms with Gasteiger partial charge >= 0.3 is 0 Å². The summed E-state index contributed by atoms with van der Waals surface area (Å²) in [4.78, 5) is 6.07. The third-order valence-corrected chi connectivity index (χ3v) is 3.56. The fourth-order valence-corrected chi connectivity index (χ4v) is 2.48. The summed E-state index contributed by atoms with van der Waals surface area (Å²) in [5, 5.41) is 3.81. The molecule has 0 aliphatic carbocycles. The van der Waals surface area contributed by atoms with E-state index in [1.165, 1.54) is 11.8 Å². The van der Waals surface area contributed by atoms with Crippen LogP contribution in [-0.2, 0) is 6.54 Å². The molecule has 104 valence electrons. The van der Waals surface area contributed by atoms with Gasteiger partial charge in [0.15, 0.2) is 16.8 Å². The number of amidine groups is 1. The van der Waals surface area contributed by atoms with Gasteiger partial charge < -0.3 is 4.90 Å². The molecule has 1 aliphatic rings. The average molecular weight is 289 g/mol. The van der Waals surface area contributed by atoms with Gasteiger partial charge in [0.25, 0.3) is 0 Å². The summed E-state index contributed by atoms with van der Waals surface area (Å²) >= 11 is 1.54. The lowest BCUT2D eigenvalue weighted by atomic mass is 10.2. The van der Waals surface area contributed by atoms with Crippen molar-refractivity contribution >= 4 is 16.9 Å². The van der Waals surface area contributed by atoms with Crippen LogP contribution in [0.15, 0.2) is 17.1 Å². The molecule has 1 aliphatic heterocycles. The Kier molecular flexibility index (Phi) is 4.71. The lowest BCUT2D eigenvalue weighted by Crippen LogP contribution is -2.42. The normalized spacial score (nSPS) is 15.6. The maximum absolute atomic E-state index is 13.6. The van der Waals surface area contributed by atoms with Crippen LogP contribution in [0.5, 0.6) is 0 Å². The molecule has 1 heterocycles. The van der Waals surface area contributed by atoms with Crippen LogP contribution < -0.4 is 5.32 Å². The van der Waals surface area contributed by atoms with Crippen molar-refractivity contribution in [3.63, 3.8) is 0 Å². The van der Waals surface area contributed by atoms with Crippen LogP contribution in [0.1, 0.15) is 12.5 Å². The maximum Gasteiger partial charge on any atom is 0.161 e. The zero-order chi connectivity index (χ0) is 13.8. The second-order valence-corrected chi connectivity index (χ2v) is 5.23. The van der Waals surface area contributed by atoms with Crippen molar-refractivity contribution in [2.75, 3.05) is 19.1 Å².